The van der Waals surface area contributed by atoms with Crippen LogP contribution in [0.3, 0.4) is 0 Å². The van der Waals surface area contributed by atoms with Crippen molar-refractivity contribution in [3.8, 4) is 0 Å². The van der Waals surface area contributed by atoms with Crippen molar-refractivity contribution in [1.82, 2.24) is 9.88 Å². The lowest BCUT2D eigenvalue weighted by molar-refractivity contribution is 0.0796. The molecule has 116 valence electrons. The molecule has 2 aromatic rings. The quantitative estimate of drug-likeness (QED) is 0.843. The van der Waals surface area contributed by atoms with Crippen LogP contribution in [0, 0.1) is 0 Å². The lowest BCUT2D eigenvalue weighted by atomic mass is 10.1. The Kier molecular flexibility index (Phi) is 4.92. The molecule has 1 heterocycles. The van der Waals surface area contributed by atoms with Crippen molar-refractivity contribution in [3.63, 3.8) is 0 Å². The van der Waals surface area contributed by atoms with Gasteiger partial charge in [0.2, 0.25) is 0 Å². The van der Waals surface area contributed by atoms with Gasteiger partial charge in [-0.1, -0.05) is 0 Å². The van der Waals surface area contributed by atoms with Gasteiger partial charge >= 0.3 is 0 Å². The van der Waals surface area contributed by atoms with Gasteiger partial charge in [-0.25, -0.2) is 8.42 Å². The minimum atomic E-state index is -3.24. The van der Waals surface area contributed by atoms with E-state index in [9.17, 15) is 13.2 Å². The number of pyridine rings is 1. The molecule has 1 aromatic carbocycles. The predicted molar refractivity (Wildman–Crippen MR) is 84.5 cm³/mol. The molecule has 0 fully saturated rings. The van der Waals surface area contributed by atoms with E-state index in [4.69, 9.17) is 0 Å². The minimum Gasteiger partial charge on any atom is -0.341 e. The number of likely N-dealkylation sites (N-methyl/N-ethyl adjacent to an activating group) is 1. The highest BCUT2D eigenvalue weighted by Gasteiger charge is 2.13. The molecule has 22 heavy (non-hydrogen) atoms. The van der Waals surface area contributed by atoms with E-state index in [1.165, 1.54) is 12.1 Å². The second-order valence-electron chi connectivity index (χ2n) is 5.13. The van der Waals surface area contributed by atoms with E-state index in [1.807, 2.05) is 12.1 Å². The summed E-state index contributed by atoms with van der Waals surface area (Å²) in [7, 11) is -1.51. The van der Waals surface area contributed by atoms with Crippen molar-refractivity contribution in [1.29, 1.82) is 0 Å². The van der Waals surface area contributed by atoms with Crippen LogP contribution in [0.2, 0.25) is 0 Å². The summed E-state index contributed by atoms with van der Waals surface area (Å²) in [5.74, 6) is -0.130. The van der Waals surface area contributed by atoms with Gasteiger partial charge in [0.05, 0.1) is 4.90 Å². The van der Waals surface area contributed by atoms with Gasteiger partial charge in [-0.3, -0.25) is 9.78 Å². The molecule has 6 heteroatoms. The smallest absolute Gasteiger partial charge is 0.253 e. The van der Waals surface area contributed by atoms with Crippen LogP contribution < -0.4 is 0 Å². The number of nitrogens with zero attached hydrogens (tertiary/aromatic N) is 2. The monoisotopic (exact) mass is 318 g/mol. The van der Waals surface area contributed by atoms with Crippen LogP contribution in [0.1, 0.15) is 15.9 Å². The predicted octanol–water partition coefficient (Wildman–Crippen LogP) is 1.80. The molecule has 0 atom stereocenters. The molecular formula is C16H18N2O3S. The number of aromatic nitrogens is 1. The first-order valence-electron chi connectivity index (χ1n) is 6.82. The fourth-order valence-electron chi connectivity index (χ4n) is 2.01. The number of carbonyl (C=O) groups excluding carboxylic acids is 1. The summed E-state index contributed by atoms with van der Waals surface area (Å²) in [4.78, 5) is 18.1. The van der Waals surface area contributed by atoms with E-state index in [0.29, 0.717) is 12.1 Å². The van der Waals surface area contributed by atoms with Crippen molar-refractivity contribution < 1.29 is 13.2 Å². The average Bonchev–Trinajstić information content (AvgIpc) is 2.52. The zero-order chi connectivity index (χ0) is 16.2. The average molecular weight is 318 g/mol. The van der Waals surface area contributed by atoms with Gasteiger partial charge in [-0.2, -0.15) is 0 Å². The zero-order valence-corrected chi connectivity index (χ0v) is 13.4. The van der Waals surface area contributed by atoms with E-state index in [0.717, 1.165) is 18.2 Å². The first-order chi connectivity index (χ1) is 10.4. The Bertz CT molecular complexity index is 741. The van der Waals surface area contributed by atoms with Gasteiger partial charge in [0.1, 0.15) is 0 Å². The van der Waals surface area contributed by atoms with E-state index < -0.39 is 9.84 Å². The maximum atomic E-state index is 12.3. The Labute approximate surface area is 130 Å². The van der Waals surface area contributed by atoms with E-state index in [-0.39, 0.29) is 10.8 Å². The normalized spacial score (nSPS) is 11.2. The number of hydrogen-bond donors (Lipinski definition) is 0. The molecule has 0 saturated carbocycles. The summed E-state index contributed by atoms with van der Waals surface area (Å²) in [5.41, 5.74) is 1.59. The van der Waals surface area contributed by atoms with Crippen LogP contribution in [0.25, 0.3) is 0 Å². The SMILES string of the molecule is CN(CCc1ccncc1)C(=O)c1ccc(S(C)(=O)=O)cc1. The summed E-state index contributed by atoms with van der Waals surface area (Å²) in [5, 5.41) is 0. The van der Waals surface area contributed by atoms with Crippen molar-refractivity contribution in [2.45, 2.75) is 11.3 Å². The molecule has 0 spiro atoms. The maximum Gasteiger partial charge on any atom is 0.253 e. The molecule has 5 nitrogen and oxygen atoms in total. The van der Waals surface area contributed by atoms with Crippen LogP contribution in [-0.4, -0.2) is 44.1 Å². The highest BCUT2D eigenvalue weighted by molar-refractivity contribution is 7.90. The molecule has 0 aliphatic carbocycles. The first kappa shape index (κ1) is 16.2. The first-order valence-corrected chi connectivity index (χ1v) is 8.71. The molecule has 0 unspecified atom stereocenters. The molecule has 0 saturated heterocycles. The van der Waals surface area contributed by atoms with Gasteiger partial charge in [-0.05, 0) is 48.4 Å². The lowest BCUT2D eigenvalue weighted by Crippen LogP contribution is -2.28. The number of carbonyl (C=O) groups is 1. The summed E-state index contributed by atoms with van der Waals surface area (Å²) in [6.45, 7) is 0.580. The summed E-state index contributed by atoms with van der Waals surface area (Å²) >= 11 is 0. The molecule has 0 N–H and O–H groups in total. The number of sulfone groups is 1. The fourth-order valence-corrected chi connectivity index (χ4v) is 2.64. The molecule has 0 aliphatic rings. The Morgan fingerprint density at radius 1 is 1.09 bits per heavy atom. The van der Waals surface area contributed by atoms with E-state index in [1.54, 1.807) is 36.5 Å². The Morgan fingerprint density at radius 3 is 2.23 bits per heavy atom. The van der Waals surface area contributed by atoms with E-state index >= 15 is 0 Å². The third-order valence-electron chi connectivity index (χ3n) is 3.36. The molecule has 1 amide bonds. The van der Waals surface area contributed by atoms with Gasteiger partial charge in [0.25, 0.3) is 5.91 Å². The molecule has 1 aromatic heterocycles. The van der Waals surface area contributed by atoms with Crippen LogP contribution in [0.4, 0.5) is 0 Å². The topological polar surface area (TPSA) is 67.3 Å². The molecule has 0 radical (unpaired) electrons. The van der Waals surface area contributed by atoms with Crippen LogP contribution >= 0.6 is 0 Å². The summed E-state index contributed by atoms with van der Waals surface area (Å²) in [6, 6.07) is 9.83. The fraction of sp³-hybridized carbons (Fsp3) is 0.250. The van der Waals surface area contributed by atoms with Crippen LogP contribution in [-0.2, 0) is 16.3 Å². The Morgan fingerprint density at radius 2 is 1.68 bits per heavy atom. The van der Waals surface area contributed by atoms with Crippen molar-refractivity contribution in [3.05, 3.63) is 59.9 Å². The van der Waals surface area contributed by atoms with Crippen molar-refractivity contribution in [2.24, 2.45) is 0 Å². The number of rotatable bonds is 5. The van der Waals surface area contributed by atoms with Crippen molar-refractivity contribution >= 4 is 15.7 Å². The molecule has 0 bridgehead atoms. The lowest BCUT2D eigenvalue weighted by Gasteiger charge is -2.17. The largest absolute Gasteiger partial charge is 0.341 e. The maximum absolute atomic E-state index is 12.3. The third kappa shape index (κ3) is 4.14. The van der Waals surface area contributed by atoms with Crippen LogP contribution in [0.15, 0.2) is 53.7 Å². The van der Waals surface area contributed by atoms with Crippen molar-refractivity contribution in [2.75, 3.05) is 19.8 Å². The molecular weight excluding hydrogens is 300 g/mol. The van der Waals surface area contributed by atoms with Gasteiger partial charge < -0.3 is 4.90 Å². The van der Waals surface area contributed by atoms with Crippen LogP contribution in [0.5, 0.6) is 0 Å². The minimum absolute atomic E-state index is 0.130. The Balaban J connectivity index is 2.01. The molecule has 2 rings (SSSR count). The van der Waals surface area contributed by atoms with E-state index in [2.05, 4.69) is 4.98 Å². The van der Waals surface area contributed by atoms with Gasteiger partial charge in [0, 0.05) is 37.8 Å². The summed E-state index contributed by atoms with van der Waals surface area (Å²) in [6.07, 6.45) is 5.33. The summed E-state index contributed by atoms with van der Waals surface area (Å²) < 4.78 is 22.8. The highest BCUT2D eigenvalue weighted by Crippen LogP contribution is 2.12. The van der Waals surface area contributed by atoms with Gasteiger partial charge in [0.15, 0.2) is 9.84 Å². The Hall–Kier alpha value is -2.21. The number of hydrogen-bond acceptors (Lipinski definition) is 4. The number of benzene rings is 1. The second kappa shape index (κ2) is 6.70. The third-order valence-corrected chi connectivity index (χ3v) is 4.49. The van der Waals surface area contributed by atoms with Gasteiger partial charge in [-0.15, -0.1) is 0 Å². The zero-order valence-electron chi connectivity index (χ0n) is 12.6. The standard InChI is InChI=1S/C16H18N2O3S/c1-18(12-9-13-7-10-17-11-8-13)16(19)14-3-5-15(6-4-14)22(2,20)21/h3-8,10-11H,9,12H2,1-2H3. The number of amides is 1. The second-order valence-corrected chi connectivity index (χ2v) is 7.14. The highest BCUT2D eigenvalue weighted by atomic mass is 32.2. The molecule has 0 aliphatic heterocycles.